The molecule has 4 N–H and O–H groups in total. The van der Waals surface area contributed by atoms with Gasteiger partial charge >= 0.3 is 11.7 Å². The summed E-state index contributed by atoms with van der Waals surface area (Å²) >= 11 is 0. The second-order valence-corrected chi connectivity index (χ2v) is 6.93. The van der Waals surface area contributed by atoms with Gasteiger partial charge in [0.15, 0.2) is 6.23 Å². The number of amides is 1. The molecule has 1 saturated heterocycles. The van der Waals surface area contributed by atoms with Crippen LogP contribution in [-0.2, 0) is 25.7 Å². The number of hydrogen-bond acceptors (Lipinski definition) is 9. The summed E-state index contributed by atoms with van der Waals surface area (Å²) < 4.78 is 11.4. The van der Waals surface area contributed by atoms with Crippen molar-refractivity contribution in [2.24, 2.45) is 0 Å². The molecule has 1 aliphatic rings. The van der Waals surface area contributed by atoms with Gasteiger partial charge in [0.05, 0.1) is 13.0 Å². The van der Waals surface area contributed by atoms with Crippen LogP contribution in [0.2, 0.25) is 0 Å². The van der Waals surface area contributed by atoms with Gasteiger partial charge in [0.25, 0.3) is 0 Å². The molecule has 4 unspecified atom stereocenters. The number of epoxide rings is 1. The van der Waals surface area contributed by atoms with Gasteiger partial charge in [-0.1, -0.05) is 30.3 Å². The Labute approximate surface area is 176 Å². The van der Waals surface area contributed by atoms with Crippen molar-refractivity contribution in [3.8, 4) is 0 Å². The van der Waals surface area contributed by atoms with E-state index in [0.29, 0.717) is 0 Å². The summed E-state index contributed by atoms with van der Waals surface area (Å²) in [7, 11) is 0. The number of benzene rings is 1. The van der Waals surface area contributed by atoms with Gasteiger partial charge in [0, 0.05) is 12.6 Å². The number of nitrogens with one attached hydrogen (secondary N) is 1. The average Bonchev–Trinajstić information content (AvgIpc) is 3.56. The van der Waals surface area contributed by atoms with Crippen LogP contribution in [-0.4, -0.2) is 61.7 Å². The van der Waals surface area contributed by atoms with E-state index in [1.54, 1.807) is 0 Å². The molecule has 2 aromatic rings. The standard InChI is InChI=1S/C20H23N3O8/c24-10-13(25)17(28)18-19(31-18)23-9-8-14(22-20(23)29)21-15(26)6-7-16(27)30-11-12-4-2-1-3-5-12/h1-5,8-9,13,17-19,24-25,28H,6-7,10-11H2,(H,21,22,26,29). The van der Waals surface area contributed by atoms with Gasteiger partial charge in [-0.3, -0.25) is 14.2 Å². The molecule has 31 heavy (non-hydrogen) atoms. The summed E-state index contributed by atoms with van der Waals surface area (Å²) in [5, 5.41) is 30.5. The van der Waals surface area contributed by atoms with Crippen molar-refractivity contribution in [1.29, 1.82) is 0 Å². The van der Waals surface area contributed by atoms with Gasteiger partial charge in [-0.15, -0.1) is 0 Å². The number of aromatic nitrogens is 2. The molecule has 0 spiro atoms. The van der Waals surface area contributed by atoms with Crippen LogP contribution >= 0.6 is 0 Å². The largest absolute Gasteiger partial charge is 0.461 e. The maximum Gasteiger partial charge on any atom is 0.351 e. The molecule has 166 valence electrons. The average molecular weight is 433 g/mol. The summed E-state index contributed by atoms with van der Waals surface area (Å²) in [5.41, 5.74) is 0.101. The molecular formula is C20H23N3O8. The number of carbonyl (C=O) groups is 2. The number of anilines is 1. The number of aliphatic hydroxyl groups excluding tert-OH is 3. The predicted octanol–water partition coefficient (Wildman–Crippen LogP) is -0.683. The lowest BCUT2D eigenvalue weighted by atomic mass is 10.1. The van der Waals surface area contributed by atoms with Gasteiger partial charge in [-0.25, -0.2) is 4.79 Å². The van der Waals surface area contributed by atoms with Crippen molar-refractivity contribution in [3.63, 3.8) is 0 Å². The van der Waals surface area contributed by atoms with Crippen LogP contribution < -0.4 is 11.0 Å². The van der Waals surface area contributed by atoms with E-state index >= 15 is 0 Å². The topological polar surface area (TPSA) is 164 Å². The van der Waals surface area contributed by atoms with Crippen LogP contribution in [0.15, 0.2) is 47.4 Å². The highest BCUT2D eigenvalue weighted by molar-refractivity contribution is 5.91. The zero-order valence-electron chi connectivity index (χ0n) is 16.5. The van der Waals surface area contributed by atoms with E-state index in [0.717, 1.165) is 10.1 Å². The molecule has 1 aromatic heterocycles. The fourth-order valence-electron chi connectivity index (χ4n) is 2.82. The van der Waals surface area contributed by atoms with Crippen molar-refractivity contribution in [3.05, 3.63) is 58.6 Å². The fraction of sp³-hybridized carbons (Fsp3) is 0.400. The van der Waals surface area contributed by atoms with E-state index < -0.39 is 48.7 Å². The lowest BCUT2D eigenvalue weighted by Crippen LogP contribution is -2.35. The zero-order chi connectivity index (χ0) is 22.4. The number of nitrogens with zero attached hydrogens (tertiary/aromatic N) is 2. The molecule has 0 radical (unpaired) electrons. The monoisotopic (exact) mass is 433 g/mol. The predicted molar refractivity (Wildman–Crippen MR) is 106 cm³/mol. The number of aliphatic hydroxyl groups is 3. The Kier molecular flexibility index (Phi) is 7.47. The number of ether oxygens (including phenoxy) is 2. The fourth-order valence-corrected chi connectivity index (χ4v) is 2.82. The van der Waals surface area contributed by atoms with Crippen LogP contribution in [0.5, 0.6) is 0 Å². The van der Waals surface area contributed by atoms with Gasteiger partial charge in [0.1, 0.15) is 30.7 Å². The van der Waals surface area contributed by atoms with Gasteiger partial charge < -0.3 is 30.1 Å². The van der Waals surface area contributed by atoms with Crippen LogP contribution in [0.1, 0.15) is 24.6 Å². The highest BCUT2D eigenvalue weighted by Gasteiger charge is 2.48. The highest BCUT2D eigenvalue weighted by atomic mass is 16.6. The lowest BCUT2D eigenvalue weighted by molar-refractivity contribution is -0.145. The maximum absolute atomic E-state index is 12.1. The third kappa shape index (κ3) is 6.18. The van der Waals surface area contributed by atoms with E-state index in [2.05, 4.69) is 10.3 Å². The molecule has 1 aromatic carbocycles. The highest BCUT2D eigenvalue weighted by Crippen LogP contribution is 2.36. The molecule has 11 heteroatoms. The van der Waals surface area contributed by atoms with Gasteiger partial charge in [-0.05, 0) is 11.6 Å². The summed E-state index contributed by atoms with van der Waals surface area (Å²) in [6.45, 7) is -0.527. The quantitative estimate of drug-likeness (QED) is 0.281. The molecule has 1 aliphatic heterocycles. The Balaban J connectivity index is 1.45. The first-order chi connectivity index (χ1) is 14.9. The Hall–Kier alpha value is -3.12. The van der Waals surface area contributed by atoms with Gasteiger partial charge in [0.2, 0.25) is 5.91 Å². The number of carbonyl (C=O) groups excluding carboxylic acids is 2. The van der Waals surface area contributed by atoms with Crippen molar-refractivity contribution in [2.75, 3.05) is 11.9 Å². The molecule has 4 atom stereocenters. The summed E-state index contributed by atoms with van der Waals surface area (Å²) in [6.07, 6.45) is -3.39. The Morgan fingerprint density at radius 1 is 1.19 bits per heavy atom. The van der Waals surface area contributed by atoms with Crippen LogP contribution in [0, 0.1) is 0 Å². The Morgan fingerprint density at radius 3 is 2.61 bits per heavy atom. The van der Waals surface area contributed by atoms with Crippen molar-refractivity contribution >= 4 is 17.7 Å². The number of rotatable bonds is 10. The first-order valence-electron chi connectivity index (χ1n) is 9.60. The first-order valence-corrected chi connectivity index (χ1v) is 9.60. The molecule has 1 amide bonds. The van der Waals surface area contributed by atoms with Crippen LogP contribution in [0.3, 0.4) is 0 Å². The Bertz CT molecular complexity index is 964. The molecule has 3 rings (SSSR count). The molecule has 1 fully saturated rings. The third-order valence-electron chi connectivity index (χ3n) is 4.59. The second-order valence-electron chi connectivity index (χ2n) is 6.93. The van der Waals surface area contributed by atoms with Crippen LogP contribution in [0.25, 0.3) is 0 Å². The molecular weight excluding hydrogens is 410 g/mol. The number of hydrogen-bond donors (Lipinski definition) is 4. The van der Waals surface area contributed by atoms with E-state index in [1.165, 1.54) is 12.3 Å². The summed E-state index contributed by atoms with van der Waals surface area (Å²) in [5.74, 6) is -1.04. The third-order valence-corrected chi connectivity index (χ3v) is 4.59. The molecule has 0 aliphatic carbocycles. The maximum atomic E-state index is 12.1. The summed E-state index contributed by atoms with van der Waals surface area (Å²) in [4.78, 5) is 39.6. The van der Waals surface area contributed by atoms with Crippen molar-refractivity contribution < 1.29 is 34.4 Å². The smallest absolute Gasteiger partial charge is 0.351 e. The zero-order valence-corrected chi connectivity index (χ0v) is 16.5. The van der Waals surface area contributed by atoms with E-state index in [-0.39, 0.29) is 25.3 Å². The van der Waals surface area contributed by atoms with E-state index in [9.17, 15) is 24.6 Å². The minimum absolute atomic E-state index is 0.00274. The first kappa shape index (κ1) is 22.6. The summed E-state index contributed by atoms with van der Waals surface area (Å²) in [6, 6.07) is 10.5. The SMILES string of the molecule is O=C(CCC(=O)OCc1ccccc1)Nc1ccn(C2OC2C(O)C(O)CO)c(=O)n1. The van der Waals surface area contributed by atoms with E-state index in [4.69, 9.17) is 14.6 Å². The van der Waals surface area contributed by atoms with Crippen molar-refractivity contribution in [1.82, 2.24) is 9.55 Å². The molecule has 0 bridgehead atoms. The minimum atomic E-state index is -1.39. The minimum Gasteiger partial charge on any atom is -0.461 e. The second kappa shape index (κ2) is 10.3. The molecule has 0 saturated carbocycles. The molecule has 11 nitrogen and oxygen atoms in total. The van der Waals surface area contributed by atoms with Crippen LogP contribution in [0.4, 0.5) is 5.82 Å². The Morgan fingerprint density at radius 2 is 1.94 bits per heavy atom. The van der Waals surface area contributed by atoms with Crippen molar-refractivity contribution in [2.45, 2.75) is 44.0 Å². The van der Waals surface area contributed by atoms with E-state index in [1.807, 2.05) is 30.3 Å². The van der Waals surface area contributed by atoms with Gasteiger partial charge in [-0.2, -0.15) is 4.98 Å². The lowest BCUT2D eigenvalue weighted by Gasteiger charge is -2.12. The molecule has 2 heterocycles. The number of esters is 1. The normalized spacial score (nSPS) is 19.3.